The van der Waals surface area contributed by atoms with Crippen LogP contribution in [0.1, 0.15) is 12.8 Å². The van der Waals surface area contributed by atoms with Gasteiger partial charge in [-0.3, -0.25) is 0 Å². The molecule has 0 bridgehead atoms. The number of halogens is 1. The van der Waals surface area contributed by atoms with Gasteiger partial charge in [0.25, 0.3) is 0 Å². The Morgan fingerprint density at radius 3 is 2.43 bits per heavy atom. The van der Waals surface area contributed by atoms with Crippen LogP contribution in [-0.4, -0.2) is 12.7 Å². The van der Waals surface area contributed by atoms with E-state index in [4.69, 9.17) is 5.73 Å². The van der Waals surface area contributed by atoms with Crippen LogP contribution in [0.2, 0.25) is 0 Å². The number of alkyl halides is 1. The second kappa shape index (κ2) is 1.78. The predicted octanol–water partition coefficient (Wildman–Crippen LogP) is 0.693. The molecule has 0 radical (unpaired) electrons. The quantitative estimate of drug-likeness (QED) is 0.546. The molecule has 1 nitrogen and oxygen atoms in total. The minimum Gasteiger partial charge on any atom is -0.328 e. The topological polar surface area (TPSA) is 26.0 Å². The molecule has 0 aromatic heterocycles. The summed E-state index contributed by atoms with van der Waals surface area (Å²) in [5.41, 5.74) is 5.04. The molecule has 0 spiro atoms. The average molecular weight is 103 g/mol. The zero-order valence-corrected chi connectivity index (χ0v) is 4.23. The van der Waals surface area contributed by atoms with E-state index < -0.39 is 6.17 Å². The van der Waals surface area contributed by atoms with Gasteiger partial charge in [0.15, 0.2) is 0 Å². The third kappa shape index (κ3) is 1.13. The molecule has 1 rings (SSSR count). The molecule has 0 heterocycles. The Hall–Kier alpha value is -0.110. The van der Waals surface area contributed by atoms with Gasteiger partial charge in [-0.15, -0.1) is 0 Å². The van der Waals surface area contributed by atoms with Crippen LogP contribution in [0.5, 0.6) is 0 Å². The molecule has 1 aliphatic carbocycles. The van der Waals surface area contributed by atoms with Gasteiger partial charge in [0.2, 0.25) is 0 Å². The van der Waals surface area contributed by atoms with Gasteiger partial charge in [0.05, 0.1) is 0 Å². The van der Waals surface area contributed by atoms with Crippen LogP contribution in [0, 0.1) is 5.92 Å². The van der Waals surface area contributed by atoms with Crippen LogP contribution in [0.4, 0.5) is 4.39 Å². The molecule has 42 valence electrons. The normalized spacial score (nSPS) is 24.9. The van der Waals surface area contributed by atoms with Crippen LogP contribution in [0.3, 0.4) is 0 Å². The second-order valence-electron chi connectivity index (χ2n) is 2.09. The van der Waals surface area contributed by atoms with Crippen LogP contribution < -0.4 is 5.73 Å². The zero-order valence-electron chi connectivity index (χ0n) is 4.23. The molecule has 1 saturated carbocycles. The summed E-state index contributed by atoms with van der Waals surface area (Å²) >= 11 is 0. The van der Waals surface area contributed by atoms with Crippen molar-refractivity contribution in [3.8, 4) is 0 Å². The van der Waals surface area contributed by atoms with E-state index in [1.807, 2.05) is 0 Å². The predicted molar refractivity (Wildman–Crippen MR) is 26.7 cm³/mol. The van der Waals surface area contributed by atoms with Crippen LogP contribution >= 0.6 is 0 Å². The number of hydrogen-bond acceptors (Lipinski definition) is 1. The van der Waals surface area contributed by atoms with Crippen molar-refractivity contribution in [2.24, 2.45) is 11.7 Å². The van der Waals surface area contributed by atoms with E-state index in [1.165, 1.54) is 0 Å². The molecule has 0 unspecified atom stereocenters. The fourth-order valence-corrected chi connectivity index (χ4v) is 0.650. The standard InChI is InChI=1S/C5H10FN/c6-5(3-7)4-1-2-4/h4-5H,1-3,7H2/t5-/m0/s1. The molecule has 1 fully saturated rings. The highest BCUT2D eigenvalue weighted by atomic mass is 19.1. The molecular formula is C5H10FN. The van der Waals surface area contributed by atoms with Gasteiger partial charge in [-0.2, -0.15) is 0 Å². The summed E-state index contributed by atoms with van der Waals surface area (Å²) in [6, 6.07) is 0. The van der Waals surface area contributed by atoms with E-state index in [-0.39, 0.29) is 6.54 Å². The highest BCUT2D eigenvalue weighted by Gasteiger charge is 2.29. The summed E-state index contributed by atoms with van der Waals surface area (Å²) in [4.78, 5) is 0. The van der Waals surface area contributed by atoms with Crippen molar-refractivity contribution in [1.29, 1.82) is 0 Å². The Bertz CT molecular complexity index is 61.1. The lowest BCUT2D eigenvalue weighted by molar-refractivity contribution is 0.305. The molecule has 0 aromatic carbocycles. The molecule has 1 aliphatic rings. The van der Waals surface area contributed by atoms with E-state index in [0.29, 0.717) is 5.92 Å². The van der Waals surface area contributed by atoms with Crippen molar-refractivity contribution in [2.45, 2.75) is 19.0 Å². The van der Waals surface area contributed by atoms with Gasteiger partial charge in [0, 0.05) is 6.54 Å². The molecule has 0 aromatic rings. The maximum atomic E-state index is 12.2. The molecule has 2 heteroatoms. The summed E-state index contributed by atoms with van der Waals surface area (Å²) in [5.74, 6) is 0.324. The fourth-order valence-electron chi connectivity index (χ4n) is 0.650. The van der Waals surface area contributed by atoms with Gasteiger partial charge in [-0.25, -0.2) is 4.39 Å². The summed E-state index contributed by atoms with van der Waals surface area (Å²) in [6.07, 6.45) is 1.40. The highest BCUT2D eigenvalue weighted by molar-refractivity contribution is 4.81. The Morgan fingerprint density at radius 2 is 2.29 bits per heavy atom. The largest absolute Gasteiger partial charge is 0.328 e. The minimum atomic E-state index is -0.708. The van der Waals surface area contributed by atoms with Crippen molar-refractivity contribution < 1.29 is 4.39 Å². The van der Waals surface area contributed by atoms with Crippen LogP contribution in [0.25, 0.3) is 0 Å². The molecule has 0 saturated heterocycles. The van der Waals surface area contributed by atoms with E-state index in [0.717, 1.165) is 12.8 Å². The van der Waals surface area contributed by atoms with Crippen LogP contribution in [-0.2, 0) is 0 Å². The monoisotopic (exact) mass is 103 g/mol. The maximum Gasteiger partial charge on any atom is 0.115 e. The maximum absolute atomic E-state index is 12.2. The van der Waals surface area contributed by atoms with E-state index in [1.54, 1.807) is 0 Å². The Labute approximate surface area is 42.7 Å². The first kappa shape index (κ1) is 5.04. The third-order valence-corrected chi connectivity index (χ3v) is 1.36. The third-order valence-electron chi connectivity index (χ3n) is 1.36. The lowest BCUT2D eigenvalue weighted by atomic mass is 10.3. The zero-order chi connectivity index (χ0) is 5.28. The molecule has 0 aliphatic heterocycles. The van der Waals surface area contributed by atoms with Crippen molar-refractivity contribution in [2.75, 3.05) is 6.54 Å². The van der Waals surface area contributed by atoms with Gasteiger partial charge in [0.1, 0.15) is 6.17 Å². The van der Waals surface area contributed by atoms with Crippen molar-refractivity contribution in [3.05, 3.63) is 0 Å². The smallest absolute Gasteiger partial charge is 0.115 e. The van der Waals surface area contributed by atoms with Crippen molar-refractivity contribution >= 4 is 0 Å². The summed E-state index contributed by atoms with van der Waals surface area (Å²) < 4.78 is 12.2. The summed E-state index contributed by atoms with van der Waals surface area (Å²) in [7, 11) is 0. The molecular weight excluding hydrogens is 93.1 g/mol. The Morgan fingerprint density at radius 1 is 1.71 bits per heavy atom. The molecule has 0 amide bonds. The molecule has 1 atom stereocenters. The number of hydrogen-bond donors (Lipinski definition) is 1. The average Bonchev–Trinajstić information content (AvgIpc) is 2.44. The lowest BCUT2D eigenvalue weighted by Gasteiger charge is -1.97. The first-order valence-electron chi connectivity index (χ1n) is 2.68. The van der Waals surface area contributed by atoms with Gasteiger partial charge in [-0.05, 0) is 18.8 Å². The van der Waals surface area contributed by atoms with E-state index in [9.17, 15) is 4.39 Å². The number of nitrogens with two attached hydrogens (primary N) is 1. The first-order valence-corrected chi connectivity index (χ1v) is 2.68. The second-order valence-corrected chi connectivity index (χ2v) is 2.09. The van der Waals surface area contributed by atoms with E-state index >= 15 is 0 Å². The Kier molecular flexibility index (Phi) is 1.28. The minimum absolute atomic E-state index is 0.213. The number of rotatable bonds is 2. The SMILES string of the molecule is NC[C@H](F)C1CC1. The Balaban J connectivity index is 2.10. The summed E-state index contributed by atoms with van der Waals surface area (Å²) in [5, 5.41) is 0. The molecule has 7 heavy (non-hydrogen) atoms. The van der Waals surface area contributed by atoms with Gasteiger partial charge < -0.3 is 5.73 Å². The lowest BCUT2D eigenvalue weighted by Crippen LogP contribution is -2.16. The highest BCUT2D eigenvalue weighted by Crippen LogP contribution is 2.33. The van der Waals surface area contributed by atoms with Crippen molar-refractivity contribution in [3.63, 3.8) is 0 Å². The van der Waals surface area contributed by atoms with E-state index in [2.05, 4.69) is 0 Å². The molecule has 2 N–H and O–H groups in total. The van der Waals surface area contributed by atoms with Crippen LogP contribution in [0.15, 0.2) is 0 Å². The first-order chi connectivity index (χ1) is 3.34. The van der Waals surface area contributed by atoms with Gasteiger partial charge in [-0.1, -0.05) is 0 Å². The fraction of sp³-hybridized carbons (Fsp3) is 1.00. The van der Waals surface area contributed by atoms with Gasteiger partial charge >= 0.3 is 0 Å². The summed E-state index contributed by atoms with van der Waals surface area (Å²) in [6.45, 7) is 0.213. The van der Waals surface area contributed by atoms with Crippen molar-refractivity contribution in [1.82, 2.24) is 0 Å².